The predicted molar refractivity (Wildman–Crippen MR) is 61.9 cm³/mol. The number of ether oxygens (including phenoxy) is 2. The van der Waals surface area contributed by atoms with Gasteiger partial charge in [0.1, 0.15) is 0 Å². The lowest BCUT2D eigenvalue weighted by Gasteiger charge is -2.13. The quantitative estimate of drug-likeness (QED) is 0.776. The van der Waals surface area contributed by atoms with E-state index in [2.05, 4.69) is 0 Å². The summed E-state index contributed by atoms with van der Waals surface area (Å²) in [7, 11) is 4.96. The first-order valence-corrected chi connectivity index (χ1v) is 5.02. The molecule has 0 aromatic heterocycles. The van der Waals surface area contributed by atoms with Gasteiger partial charge in [-0.15, -0.1) is 0 Å². The van der Waals surface area contributed by atoms with Crippen molar-refractivity contribution in [3.8, 4) is 11.5 Å². The summed E-state index contributed by atoms with van der Waals surface area (Å²) < 4.78 is 10.6. The highest BCUT2D eigenvalue weighted by atomic mass is 16.5. The van der Waals surface area contributed by atoms with Crippen LogP contribution in [0.25, 0.3) is 0 Å². The number of nitrogens with zero attached hydrogens (tertiary/aromatic N) is 1. The summed E-state index contributed by atoms with van der Waals surface area (Å²) in [6.45, 7) is 1.99. The van der Waals surface area contributed by atoms with Crippen LogP contribution in [0, 0.1) is 6.92 Å². The van der Waals surface area contributed by atoms with Crippen LogP contribution in [0.4, 0.5) is 0 Å². The molecule has 0 saturated heterocycles. The van der Waals surface area contributed by atoms with Crippen LogP contribution in [0.2, 0.25) is 0 Å². The van der Waals surface area contributed by atoms with Crippen molar-refractivity contribution in [2.75, 3.05) is 27.8 Å². The van der Waals surface area contributed by atoms with E-state index in [0.717, 1.165) is 5.56 Å². The molecule has 1 amide bonds. The Kier molecular flexibility index (Phi) is 4.17. The number of methoxy groups -OCH3 is 1. The van der Waals surface area contributed by atoms with Gasteiger partial charge in [0.15, 0.2) is 18.1 Å². The van der Waals surface area contributed by atoms with Gasteiger partial charge in [-0.25, -0.2) is 0 Å². The van der Waals surface area contributed by atoms with Crippen molar-refractivity contribution in [3.05, 3.63) is 23.8 Å². The summed E-state index contributed by atoms with van der Waals surface area (Å²) in [4.78, 5) is 12.8. The zero-order valence-corrected chi connectivity index (χ0v) is 10.1. The molecule has 0 unspecified atom stereocenters. The second-order valence-electron chi connectivity index (χ2n) is 3.73. The van der Waals surface area contributed by atoms with Crippen LogP contribution in [-0.4, -0.2) is 38.6 Å². The van der Waals surface area contributed by atoms with Crippen LogP contribution >= 0.6 is 0 Å². The van der Waals surface area contributed by atoms with Gasteiger partial charge in [0.05, 0.1) is 7.11 Å². The van der Waals surface area contributed by atoms with Gasteiger partial charge in [0, 0.05) is 14.1 Å². The molecular formula is C12H17NO3. The molecule has 1 aromatic rings. The Morgan fingerprint density at radius 3 is 2.56 bits per heavy atom. The average Bonchev–Trinajstić information content (AvgIpc) is 2.26. The normalized spacial score (nSPS) is 9.75. The maximum atomic E-state index is 11.3. The summed E-state index contributed by atoms with van der Waals surface area (Å²) >= 11 is 0. The molecule has 0 saturated carbocycles. The van der Waals surface area contributed by atoms with Gasteiger partial charge in [-0.05, 0) is 24.6 Å². The van der Waals surface area contributed by atoms with Crippen molar-refractivity contribution in [2.45, 2.75) is 6.92 Å². The molecule has 0 heterocycles. The van der Waals surface area contributed by atoms with Crippen molar-refractivity contribution in [1.29, 1.82) is 0 Å². The number of carbonyl (C=O) groups excluding carboxylic acids is 1. The summed E-state index contributed by atoms with van der Waals surface area (Å²) in [6.07, 6.45) is 0. The van der Waals surface area contributed by atoms with Crippen molar-refractivity contribution < 1.29 is 14.3 Å². The SMILES string of the molecule is COc1cc(C)ccc1OCC(=O)N(C)C. The Morgan fingerprint density at radius 2 is 2.00 bits per heavy atom. The van der Waals surface area contributed by atoms with E-state index in [-0.39, 0.29) is 12.5 Å². The first-order chi connectivity index (χ1) is 7.54. The number of aryl methyl sites for hydroxylation is 1. The van der Waals surface area contributed by atoms with Crippen LogP contribution in [0.1, 0.15) is 5.56 Å². The van der Waals surface area contributed by atoms with Crippen molar-refractivity contribution in [1.82, 2.24) is 4.90 Å². The highest BCUT2D eigenvalue weighted by Gasteiger charge is 2.08. The first kappa shape index (κ1) is 12.4. The molecular weight excluding hydrogens is 206 g/mol. The minimum atomic E-state index is -0.0809. The third kappa shape index (κ3) is 3.15. The van der Waals surface area contributed by atoms with Crippen molar-refractivity contribution in [3.63, 3.8) is 0 Å². The lowest BCUT2D eigenvalue weighted by atomic mass is 10.2. The van der Waals surface area contributed by atoms with E-state index in [0.29, 0.717) is 11.5 Å². The second-order valence-corrected chi connectivity index (χ2v) is 3.73. The monoisotopic (exact) mass is 223 g/mol. The van der Waals surface area contributed by atoms with Crippen LogP contribution in [-0.2, 0) is 4.79 Å². The fourth-order valence-electron chi connectivity index (χ4n) is 1.16. The average molecular weight is 223 g/mol. The Morgan fingerprint density at radius 1 is 1.31 bits per heavy atom. The van der Waals surface area contributed by atoms with Gasteiger partial charge in [-0.2, -0.15) is 0 Å². The highest BCUT2D eigenvalue weighted by molar-refractivity contribution is 5.77. The Labute approximate surface area is 95.8 Å². The summed E-state index contributed by atoms with van der Waals surface area (Å²) in [5.74, 6) is 1.15. The summed E-state index contributed by atoms with van der Waals surface area (Å²) in [6, 6.07) is 5.59. The van der Waals surface area contributed by atoms with E-state index in [4.69, 9.17) is 9.47 Å². The van der Waals surface area contributed by atoms with E-state index in [9.17, 15) is 4.79 Å². The maximum Gasteiger partial charge on any atom is 0.259 e. The lowest BCUT2D eigenvalue weighted by Crippen LogP contribution is -2.27. The molecule has 0 aliphatic rings. The molecule has 88 valence electrons. The fourth-order valence-corrected chi connectivity index (χ4v) is 1.16. The number of likely N-dealkylation sites (N-methyl/N-ethyl adjacent to an activating group) is 1. The van der Waals surface area contributed by atoms with Gasteiger partial charge in [0.25, 0.3) is 5.91 Å². The number of rotatable bonds is 4. The minimum absolute atomic E-state index is 0.0203. The molecule has 0 radical (unpaired) electrons. The molecule has 0 bridgehead atoms. The van der Waals surface area contributed by atoms with E-state index < -0.39 is 0 Å². The maximum absolute atomic E-state index is 11.3. The number of carbonyl (C=O) groups is 1. The molecule has 4 heteroatoms. The van der Waals surface area contributed by atoms with Gasteiger partial charge in [-0.1, -0.05) is 6.07 Å². The molecule has 4 nitrogen and oxygen atoms in total. The number of hydrogen-bond donors (Lipinski definition) is 0. The molecule has 1 aromatic carbocycles. The number of benzene rings is 1. The van der Waals surface area contributed by atoms with E-state index in [1.807, 2.05) is 19.1 Å². The fraction of sp³-hybridized carbons (Fsp3) is 0.417. The van der Waals surface area contributed by atoms with E-state index in [1.165, 1.54) is 4.90 Å². The highest BCUT2D eigenvalue weighted by Crippen LogP contribution is 2.27. The Balaban J connectivity index is 2.70. The van der Waals surface area contributed by atoms with Gasteiger partial charge in [0.2, 0.25) is 0 Å². The minimum Gasteiger partial charge on any atom is -0.493 e. The zero-order valence-electron chi connectivity index (χ0n) is 10.1. The summed E-state index contributed by atoms with van der Waals surface area (Å²) in [5.41, 5.74) is 1.09. The van der Waals surface area contributed by atoms with Crippen LogP contribution in [0.15, 0.2) is 18.2 Å². The largest absolute Gasteiger partial charge is 0.493 e. The van der Waals surface area contributed by atoms with Crippen LogP contribution in [0.5, 0.6) is 11.5 Å². The van der Waals surface area contributed by atoms with Crippen LogP contribution < -0.4 is 9.47 Å². The molecule has 0 atom stereocenters. The van der Waals surface area contributed by atoms with Crippen molar-refractivity contribution >= 4 is 5.91 Å². The number of hydrogen-bond acceptors (Lipinski definition) is 3. The molecule has 0 spiro atoms. The Bertz CT molecular complexity index is 375. The second kappa shape index (κ2) is 5.39. The predicted octanol–water partition coefficient (Wildman–Crippen LogP) is 1.47. The molecule has 0 N–H and O–H groups in total. The topological polar surface area (TPSA) is 38.8 Å². The molecule has 0 aliphatic heterocycles. The first-order valence-electron chi connectivity index (χ1n) is 5.02. The van der Waals surface area contributed by atoms with Gasteiger partial charge in [-0.3, -0.25) is 4.79 Å². The lowest BCUT2D eigenvalue weighted by molar-refractivity contribution is -0.130. The molecule has 16 heavy (non-hydrogen) atoms. The third-order valence-electron chi connectivity index (χ3n) is 2.17. The van der Waals surface area contributed by atoms with Gasteiger partial charge < -0.3 is 14.4 Å². The molecule has 0 fully saturated rings. The van der Waals surface area contributed by atoms with Crippen molar-refractivity contribution in [2.24, 2.45) is 0 Å². The summed E-state index contributed by atoms with van der Waals surface area (Å²) in [5, 5.41) is 0. The van der Waals surface area contributed by atoms with Crippen LogP contribution in [0.3, 0.4) is 0 Å². The van der Waals surface area contributed by atoms with E-state index in [1.54, 1.807) is 27.3 Å². The Hall–Kier alpha value is -1.71. The van der Waals surface area contributed by atoms with Gasteiger partial charge >= 0.3 is 0 Å². The third-order valence-corrected chi connectivity index (χ3v) is 2.17. The molecule has 1 rings (SSSR count). The smallest absolute Gasteiger partial charge is 0.259 e. The van der Waals surface area contributed by atoms with E-state index >= 15 is 0 Å². The zero-order chi connectivity index (χ0) is 12.1. The number of amides is 1. The molecule has 0 aliphatic carbocycles. The standard InChI is InChI=1S/C12H17NO3/c1-9-5-6-10(11(7-9)15-4)16-8-12(14)13(2)3/h5-7H,8H2,1-4H3.